The van der Waals surface area contributed by atoms with E-state index in [1.807, 2.05) is 19.1 Å². The first kappa shape index (κ1) is 18.3. The number of nitrogens with one attached hydrogen (secondary N) is 3. The zero-order valence-electron chi connectivity index (χ0n) is 13.4. The maximum Gasteiger partial charge on any atom is 0.242 e. The van der Waals surface area contributed by atoms with Gasteiger partial charge in [0.05, 0.1) is 18.6 Å². The van der Waals surface area contributed by atoms with E-state index in [4.69, 9.17) is 4.42 Å². The number of furan rings is 1. The lowest BCUT2D eigenvalue weighted by molar-refractivity contribution is -0.127. The van der Waals surface area contributed by atoms with Crippen molar-refractivity contribution in [2.24, 2.45) is 0 Å². The molecule has 1 atom stereocenters. The van der Waals surface area contributed by atoms with Crippen molar-refractivity contribution in [3.63, 3.8) is 0 Å². The molecule has 2 amide bonds. The van der Waals surface area contributed by atoms with E-state index in [2.05, 4.69) is 26.1 Å². The summed E-state index contributed by atoms with van der Waals surface area (Å²) in [6.07, 6.45) is 1.61. The third-order valence-electron chi connectivity index (χ3n) is 2.85. The summed E-state index contributed by atoms with van der Waals surface area (Å²) in [5, 5.41) is 17.1. The molecule has 2 aromatic heterocycles. The highest BCUT2D eigenvalue weighted by molar-refractivity contribution is 8.01. The molecule has 0 saturated carbocycles. The Balaban J connectivity index is 1.72. The summed E-state index contributed by atoms with van der Waals surface area (Å²) in [7, 11) is 0. The van der Waals surface area contributed by atoms with Gasteiger partial charge in [-0.3, -0.25) is 9.59 Å². The number of rotatable bonds is 9. The van der Waals surface area contributed by atoms with Crippen LogP contribution in [0.15, 0.2) is 27.2 Å². The molecule has 2 rings (SSSR count). The highest BCUT2D eigenvalue weighted by atomic mass is 32.2. The molecule has 2 heterocycles. The van der Waals surface area contributed by atoms with Gasteiger partial charge < -0.3 is 20.4 Å². The number of amides is 2. The summed E-state index contributed by atoms with van der Waals surface area (Å²) in [5.74, 6) is 0.560. The SMILES string of the molecule is CCNC(=O)[C@H](C)NC(=O)CSc1nnc(NCc2ccco2)s1. The van der Waals surface area contributed by atoms with Crippen LogP contribution in [0.25, 0.3) is 0 Å². The number of hydrogen-bond donors (Lipinski definition) is 3. The fourth-order valence-electron chi connectivity index (χ4n) is 1.72. The number of hydrogen-bond acceptors (Lipinski definition) is 8. The van der Waals surface area contributed by atoms with Crippen LogP contribution in [-0.4, -0.2) is 40.4 Å². The van der Waals surface area contributed by atoms with Gasteiger partial charge in [-0.1, -0.05) is 23.1 Å². The molecule has 2 aromatic rings. The minimum atomic E-state index is -0.557. The van der Waals surface area contributed by atoms with Crippen LogP contribution in [-0.2, 0) is 16.1 Å². The van der Waals surface area contributed by atoms with E-state index in [-0.39, 0.29) is 17.6 Å². The number of carbonyl (C=O) groups excluding carboxylic acids is 2. The Morgan fingerprint density at radius 2 is 2.25 bits per heavy atom. The van der Waals surface area contributed by atoms with Gasteiger partial charge in [0.15, 0.2) is 4.34 Å². The van der Waals surface area contributed by atoms with Gasteiger partial charge in [-0.2, -0.15) is 0 Å². The Bertz CT molecular complexity index is 659. The van der Waals surface area contributed by atoms with Crippen molar-refractivity contribution in [1.29, 1.82) is 0 Å². The Morgan fingerprint density at radius 3 is 2.96 bits per heavy atom. The molecule has 0 bridgehead atoms. The van der Waals surface area contributed by atoms with Crippen LogP contribution >= 0.6 is 23.1 Å². The van der Waals surface area contributed by atoms with E-state index < -0.39 is 6.04 Å². The Labute approximate surface area is 147 Å². The number of likely N-dealkylation sites (N-methyl/N-ethyl adjacent to an activating group) is 1. The van der Waals surface area contributed by atoms with Gasteiger partial charge in [0.25, 0.3) is 0 Å². The average molecular weight is 369 g/mol. The Morgan fingerprint density at radius 1 is 1.42 bits per heavy atom. The van der Waals surface area contributed by atoms with E-state index in [0.717, 1.165) is 5.76 Å². The molecule has 3 N–H and O–H groups in total. The lowest BCUT2D eigenvalue weighted by Gasteiger charge is -2.12. The Hall–Kier alpha value is -2.07. The Kier molecular flexibility index (Phi) is 7.07. The minimum Gasteiger partial charge on any atom is -0.467 e. The molecule has 0 radical (unpaired) electrons. The zero-order chi connectivity index (χ0) is 17.4. The van der Waals surface area contributed by atoms with Crippen LogP contribution in [0.4, 0.5) is 5.13 Å². The minimum absolute atomic E-state index is 0.177. The number of nitrogens with zero attached hydrogens (tertiary/aromatic N) is 2. The molecule has 130 valence electrons. The van der Waals surface area contributed by atoms with Gasteiger partial charge in [-0.15, -0.1) is 10.2 Å². The summed E-state index contributed by atoms with van der Waals surface area (Å²) in [6, 6.07) is 3.13. The van der Waals surface area contributed by atoms with Crippen LogP contribution in [0.5, 0.6) is 0 Å². The van der Waals surface area contributed by atoms with Crippen LogP contribution in [0.3, 0.4) is 0 Å². The van der Waals surface area contributed by atoms with E-state index in [9.17, 15) is 9.59 Å². The molecular weight excluding hydrogens is 350 g/mol. The quantitative estimate of drug-likeness (QED) is 0.574. The zero-order valence-corrected chi connectivity index (χ0v) is 15.0. The van der Waals surface area contributed by atoms with Gasteiger partial charge in [0.1, 0.15) is 11.8 Å². The van der Waals surface area contributed by atoms with Crippen LogP contribution < -0.4 is 16.0 Å². The maximum absolute atomic E-state index is 11.8. The summed E-state index contributed by atoms with van der Waals surface area (Å²) in [4.78, 5) is 23.4. The largest absolute Gasteiger partial charge is 0.467 e. The molecule has 10 heteroatoms. The smallest absolute Gasteiger partial charge is 0.242 e. The highest BCUT2D eigenvalue weighted by Gasteiger charge is 2.15. The second-order valence-corrected chi connectivity index (χ2v) is 6.98. The summed E-state index contributed by atoms with van der Waals surface area (Å²) in [6.45, 7) is 4.54. The monoisotopic (exact) mass is 369 g/mol. The highest BCUT2D eigenvalue weighted by Crippen LogP contribution is 2.25. The third-order valence-corrected chi connectivity index (χ3v) is 4.86. The average Bonchev–Trinajstić information content (AvgIpc) is 3.22. The molecule has 0 aliphatic carbocycles. The number of carbonyl (C=O) groups is 2. The van der Waals surface area contributed by atoms with Crippen molar-refractivity contribution in [3.05, 3.63) is 24.2 Å². The van der Waals surface area contributed by atoms with Crippen LogP contribution in [0.1, 0.15) is 19.6 Å². The van der Waals surface area contributed by atoms with Gasteiger partial charge in [-0.05, 0) is 26.0 Å². The van der Waals surface area contributed by atoms with Crippen molar-refractivity contribution < 1.29 is 14.0 Å². The molecule has 0 aromatic carbocycles. The molecule has 0 aliphatic rings. The lowest BCUT2D eigenvalue weighted by Crippen LogP contribution is -2.45. The number of anilines is 1. The molecule has 0 aliphatic heterocycles. The predicted molar refractivity (Wildman–Crippen MR) is 93.0 cm³/mol. The molecule has 8 nitrogen and oxygen atoms in total. The standard InChI is InChI=1S/C14H19N5O3S2/c1-3-15-12(21)9(2)17-11(20)8-23-14-19-18-13(24-14)16-7-10-5-4-6-22-10/h4-6,9H,3,7-8H2,1-2H3,(H,15,21)(H,16,18)(H,17,20)/t9-/m0/s1. The van der Waals surface area contributed by atoms with Crippen molar-refractivity contribution in [2.45, 2.75) is 30.8 Å². The van der Waals surface area contributed by atoms with Crippen molar-refractivity contribution >= 4 is 40.0 Å². The van der Waals surface area contributed by atoms with E-state index in [0.29, 0.717) is 22.6 Å². The second kappa shape index (κ2) is 9.28. The first-order chi connectivity index (χ1) is 11.6. The van der Waals surface area contributed by atoms with Crippen molar-refractivity contribution in [2.75, 3.05) is 17.6 Å². The summed E-state index contributed by atoms with van der Waals surface area (Å²) in [5.41, 5.74) is 0. The summed E-state index contributed by atoms with van der Waals surface area (Å²) >= 11 is 2.64. The second-order valence-electron chi connectivity index (χ2n) is 4.78. The van der Waals surface area contributed by atoms with Crippen LogP contribution in [0.2, 0.25) is 0 Å². The first-order valence-electron chi connectivity index (χ1n) is 7.38. The molecular formula is C14H19N5O3S2. The molecule has 0 unspecified atom stereocenters. The van der Waals surface area contributed by atoms with E-state index >= 15 is 0 Å². The fourth-order valence-corrected chi connectivity index (χ4v) is 3.28. The maximum atomic E-state index is 11.8. The van der Waals surface area contributed by atoms with Gasteiger partial charge in [0.2, 0.25) is 16.9 Å². The summed E-state index contributed by atoms with van der Waals surface area (Å²) < 4.78 is 5.90. The van der Waals surface area contributed by atoms with Crippen LogP contribution in [0, 0.1) is 0 Å². The molecule has 24 heavy (non-hydrogen) atoms. The van der Waals surface area contributed by atoms with E-state index in [1.54, 1.807) is 13.2 Å². The molecule has 0 saturated heterocycles. The normalized spacial score (nSPS) is 11.8. The van der Waals surface area contributed by atoms with Gasteiger partial charge in [-0.25, -0.2) is 0 Å². The van der Waals surface area contributed by atoms with Crippen molar-refractivity contribution in [3.8, 4) is 0 Å². The van der Waals surface area contributed by atoms with Gasteiger partial charge in [0, 0.05) is 6.54 Å². The fraction of sp³-hybridized carbons (Fsp3) is 0.429. The third kappa shape index (κ3) is 5.85. The first-order valence-corrected chi connectivity index (χ1v) is 9.18. The predicted octanol–water partition coefficient (Wildman–Crippen LogP) is 1.48. The lowest BCUT2D eigenvalue weighted by atomic mass is 10.3. The number of thioether (sulfide) groups is 1. The molecule has 0 fully saturated rings. The number of aromatic nitrogens is 2. The van der Waals surface area contributed by atoms with Crippen molar-refractivity contribution in [1.82, 2.24) is 20.8 Å². The van der Waals surface area contributed by atoms with E-state index in [1.165, 1.54) is 23.1 Å². The van der Waals surface area contributed by atoms with Gasteiger partial charge >= 0.3 is 0 Å². The molecule has 0 spiro atoms. The topological polar surface area (TPSA) is 109 Å².